The number of para-hydroxylation sites is 1. The molecule has 1 aromatic carbocycles. The van der Waals surface area contributed by atoms with Crippen LogP contribution < -0.4 is 10.2 Å². The van der Waals surface area contributed by atoms with Gasteiger partial charge >= 0.3 is 5.69 Å². The van der Waals surface area contributed by atoms with Gasteiger partial charge in [0.2, 0.25) is 0 Å². The number of benzene rings is 1. The van der Waals surface area contributed by atoms with Crippen molar-refractivity contribution in [3.63, 3.8) is 0 Å². The third-order valence-corrected chi connectivity index (χ3v) is 3.23. The second-order valence-corrected chi connectivity index (χ2v) is 5.27. The summed E-state index contributed by atoms with van der Waals surface area (Å²) in [5, 5.41) is 23.6. The Kier molecular flexibility index (Phi) is 3.40. The largest absolute Gasteiger partial charge is 0.363 e. The number of piperazine rings is 1. The molecule has 1 aliphatic rings. The SMILES string of the molecule is CC1(C)CN(c2cccc(C#N)c2[N+](=O)[O-])CCN1. The third kappa shape index (κ3) is 2.66. The maximum Gasteiger partial charge on any atom is 0.310 e. The lowest BCUT2D eigenvalue weighted by atomic mass is 10.0. The van der Waals surface area contributed by atoms with Crippen LogP contribution in [0.1, 0.15) is 19.4 Å². The molecule has 6 nitrogen and oxygen atoms in total. The molecule has 0 bridgehead atoms. The highest BCUT2D eigenvalue weighted by Gasteiger charge is 2.30. The molecule has 0 aliphatic carbocycles. The average molecular weight is 260 g/mol. The first-order chi connectivity index (χ1) is 8.94. The fraction of sp³-hybridized carbons (Fsp3) is 0.462. The minimum absolute atomic E-state index is 0.0947. The molecule has 6 heteroatoms. The first-order valence-electron chi connectivity index (χ1n) is 6.12. The highest BCUT2D eigenvalue weighted by molar-refractivity contribution is 5.70. The van der Waals surface area contributed by atoms with E-state index in [-0.39, 0.29) is 16.8 Å². The number of nitro groups is 1. The Morgan fingerprint density at radius 2 is 2.26 bits per heavy atom. The fourth-order valence-corrected chi connectivity index (χ4v) is 2.42. The normalized spacial score (nSPS) is 17.8. The summed E-state index contributed by atoms with van der Waals surface area (Å²) in [5.74, 6) is 0. The monoisotopic (exact) mass is 260 g/mol. The summed E-state index contributed by atoms with van der Waals surface area (Å²) < 4.78 is 0. The van der Waals surface area contributed by atoms with E-state index in [9.17, 15) is 10.1 Å². The second-order valence-electron chi connectivity index (χ2n) is 5.27. The summed E-state index contributed by atoms with van der Waals surface area (Å²) in [6.45, 7) is 6.24. The molecule has 1 N–H and O–H groups in total. The van der Waals surface area contributed by atoms with E-state index in [0.717, 1.165) is 6.54 Å². The van der Waals surface area contributed by atoms with Crippen molar-refractivity contribution < 1.29 is 4.92 Å². The molecule has 1 heterocycles. The molecule has 1 saturated heterocycles. The van der Waals surface area contributed by atoms with Crippen molar-refractivity contribution in [1.82, 2.24) is 5.32 Å². The first-order valence-corrected chi connectivity index (χ1v) is 6.12. The summed E-state index contributed by atoms with van der Waals surface area (Å²) in [6.07, 6.45) is 0. The molecule has 0 aromatic heterocycles. The number of nitrogens with zero attached hydrogens (tertiary/aromatic N) is 3. The van der Waals surface area contributed by atoms with Crippen molar-refractivity contribution in [2.45, 2.75) is 19.4 Å². The summed E-state index contributed by atoms with van der Waals surface area (Å²) in [5.41, 5.74) is 0.439. The molecule has 0 saturated carbocycles. The number of hydrogen-bond donors (Lipinski definition) is 1. The predicted molar refractivity (Wildman–Crippen MR) is 72.1 cm³/mol. The molecule has 2 rings (SSSR count). The van der Waals surface area contributed by atoms with Crippen molar-refractivity contribution in [3.8, 4) is 6.07 Å². The molecule has 1 fully saturated rings. The van der Waals surface area contributed by atoms with E-state index in [4.69, 9.17) is 5.26 Å². The van der Waals surface area contributed by atoms with Gasteiger partial charge in [0.05, 0.1) is 4.92 Å². The van der Waals surface area contributed by atoms with Gasteiger partial charge in [0.1, 0.15) is 17.3 Å². The van der Waals surface area contributed by atoms with Crippen molar-refractivity contribution in [3.05, 3.63) is 33.9 Å². The minimum atomic E-state index is -0.469. The van der Waals surface area contributed by atoms with E-state index in [2.05, 4.69) is 19.2 Å². The van der Waals surface area contributed by atoms with E-state index in [1.54, 1.807) is 12.1 Å². The summed E-state index contributed by atoms with van der Waals surface area (Å²) >= 11 is 0. The lowest BCUT2D eigenvalue weighted by Crippen LogP contribution is -2.57. The number of nitrogens with one attached hydrogen (secondary N) is 1. The van der Waals surface area contributed by atoms with Crippen LogP contribution in [0, 0.1) is 21.4 Å². The van der Waals surface area contributed by atoms with Crippen LogP contribution in [-0.4, -0.2) is 30.1 Å². The van der Waals surface area contributed by atoms with E-state index in [1.807, 2.05) is 11.0 Å². The Balaban J connectivity index is 2.45. The topological polar surface area (TPSA) is 82.2 Å². The Morgan fingerprint density at radius 3 is 2.84 bits per heavy atom. The average Bonchev–Trinajstić information content (AvgIpc) is 2.36. The van der Waals surface area contributed by atoms with Crippen molar-refractivity contribution >= 4 is 11.4 Å². The maximum absolute atomic E-state index is 11.2. The van der Waals surface area contributed by atoms with E-state index < -0.39 is 4.92 Å². The van der Waals surface area contributed by atoms with Crippen LogP contribution in [0.4, 0.5) is 11.4 Å². The molecular weight excluding hydrogens is 244 g/mol. The van der Waals surface area contributed by atoms with E-state index in [0.29, 0.717) is 18.8 Å². The summed E-state index contributed by atoms with van der Waals surface area (Å²) in [7, 11) is 0. The Labute approximate surface area is 111 Å². The minimum Gasteiger partial charge on any atom is -0.363 e. The molecular formula is C13H16N4O2. The number of nitriles is 1. The number of rotatable bonds is 2. The van der Waals surface area contributed by atoms with Crippen molar-refractivity contribution in [2.24, 2.45) is 0 Å². The van der Waals surface area contributed by atoms with Gasteiger partial charge in [-0.15, -0.1) is 0 Å². The van der Waals surface area contributed by atoms with Crippen LogP contribution in [-0.2, 0) is 0 Å². The van der Waals surface area contributed by atoms with Gasteiger partial charge in [0.15, 0.2) is 0 Å². The van der Waals surface area contributed by atoms with Gasteiger partial charge in [-0.25, -0.2) is 0 Å². The Hall–Kier alpha value is -2.13. The third-order valence-electron chi connectivity index (χ3n) is 3.23. The Bertz CT molecular complexity index is 548. The molecule has 0 radical (unpaired) electrons. The number of anilines is 1. The van der Waals surface area contributed by atoms with Gasteiger partial charge in [-0.2, -0.15) is 5.26 Å². The lowest BCUT2D eigenvalue weighted by molar-refractivity contribution is -0.384. The van der Waals surface area contributed by atoms with Crippen LogP contribution in [0.2, 0.25) is 0 Å². The van der Waals surface area contributed by atoms with Gasteiger partial charge < -0.3 is 10.2 Å². The van der Waals surface area contributed by atoms with Gasteiger partial charge in [-0.3, -0.25) is 10.1 Å². The highest BCUT2D eigenvalue weighted by atomic mass is 16.6. The van der Waals surface area contributed by atoms with Crippen LogP contribution in [0.5, 0.6) is 0 Å². The zero-order valence-corrected chi connectivity index (χ0v) is 11.0. The Morgan fingerprint density at radius 1 is 1.53 bits per heavy atom. The molecule has 19 heavy (non-hydrogen) atoms. The summed E-state index contributed by atoms with van der Waals surface area (Å²) in [4.78, 5) is 12.7. The molecule has 0 unspecified atom stereocenters. The number of hydrogen-bond acceptors (Lipinski definition) is 5. The maximum atomic E-state index is 11.2. The zero-order valence-electron chi connectivity index (χ0n) is 11.0. The zero-order chi connectivity index (χ0) is 14.0. The molecule has 100 valence electrons. The predicted octanol–water partition coefficient (Wildman–Crippen LogP) is 1.65. The van der Waals surface area contributed by atoms with Gasteiger partial charge in [0.25, 0.3) is 0 Å². The highest BCUT2D eigenvalue weighted by Crippen LogP contribution is 2.32. The first kappa shape index (κ1) is 13.3. The van der Waals surface area contributed by atoms with Crippen molar-refractivity contribution in [1.29, 1.82) is 5.26 Å². The quantitative estimate of drug-likeness (QED) is 0.646. The smallest absolute Gasteiger partial charge is 0.310 e. The molecule has 1 aliphatic heterocycles. The van der Waals surface area contributed by atoms with Crippen LogP contribution in [0.25, 0.3) is 0 Å². The standard InChI is InChI=1S/C13H16N4O2/c1-13(2)9-16(7-6-15-13)11-5-3-4-10(8-14)12(11)17(18)19/h3-5,15H,6-7,9H2,1-2H3. The molecule has 0 spiro atoms. The van der Waals surface area contributed by atoms with Crippen LogP contribution >= 0.6 is 0 Å². The molecule has 1 aromatic rings. The van der Waals surface area contributed by atoms with Gasteiger partial charge in [-0.1, -0.05) is 6.07 Å². The second kappa shape index (κ2) is 4.86. The van der Waals surface area contributed by atoms with E-state index in [1.165, 1.54) is 6.07 Å². The number of nitro benzene ring substituents is 1. The summed E-state index contributed by atoms with van der Waals surface area (Å²) in [6, 6.07) is 6.77. The van der Waals surface area contributed by atoms with E-state index >= 15 is 0 Å². The fourth-order valence-electron chi connectivity index (χ4n) is 2.42. The van der Waals surface area contributed by atoms with Crippen LogP contribution in [0.15, 0.2) is 18.2 Å². The molecule has 0 amide bonds. The van der Waals surface area contributed by atoms with Crippen LogP contribution in [0.3, 0.4) is 0 Å². The lowest BCUT2D eigenvalue weighted by Gasteiger charge is -2.40. The van der Waals surface area contributed by atoms with Crippen molar-refractivity contribution in [2.75, 3.05) is 24.5 Å². The van der Waals surface area contributed by atoms with Gasteiger partial charge in [-0.05, 0) is 26.0 Å². The molecule has 0 atom stereocenters. The van der Waals surface area contributed by atoms with Gasteiger partial charge in [0, 0.05) is 25.2 Å².